The SMILES string of the molecule is CCCCNc1ncc2c(-c3ccc(S(=O)(=O)N4CCNCC4)cc3)nn([C@H]3CC[C@H](O)CC3)c2n1. The fourth-order valence-electron chi connectivity index (χ4n) is 4.97. The topological polar surface area (TPSA) is 125 Å². The van der Waals surface area contributed by atoms with E-state index in [9.17, 15) is 13.5 Å². The van der Waals surface area contributed by atoms with Gasteiger partial charge in [0.05, 0.1) is 22.4 Å². The lowest BCUT2D eigenvalue weighted by molar-refractivity contribution is 0.109. The summed E-state index contributed by atoms with van der Waals surface area (Å²) in [5.74, 6) is 0.581. The molecule has 2 aliphatic rings. The van der Waals surface area contributed by atoms with Gasteiger partial charge >= 0.3 is 0 Å². The number of rotatable bonds is 8. The van der Waals surface area contributed by atoms with Gasteiger partial charge in [-0.05, 0) is 44.2 Å². The standard InChI is InChI=1S/C25H35N7O3S/c1-2-3-12-27-25-28-17-22-23(30-32(24(22)29-25)19-6-8-20(33)9-7-19)18-4-10-21(11-5-18)36(34,35)31-15-13-26-14-16-31/h4-5,10-11,17,19-20,26,33H,2-3,6-9,12-16H2,1H3,(H,27,28,29)/t19-,20-. The van der Waals surface area contributed by atoms with Crippen molar-refractivity contribution in [3.8, 4) is 11.3 Å². The predicted molar refractivity (Wildman–Crippen MR) is 139 cm³/mol. The van der Waals surface area contributed by atoms with Gasteiger partial charge in [0, 0.05) is 44.5 Å². The second-order valence-corrected chi connectivity index (χ2v) is 11.6. The second-order valence-electron chi connectivity index (χ2n) is 9.65. The Morgan fingerprint density at radius 1 is 1.11 bits per heavy atom. The summed E-state index contributed by atoms with van der Waals surface area (Å²) in [5, 5.41) is 22.3. The lowest BCUT2D eigenvalue weighted by Crippen LogP contribution is -2.46. The maximum Gasteiger partial charge on any atom is 0.243 e. The first-order valence-electron chi connectivity index (χ1n) is 13.0. The predicted octanol–water partition coefficient (Wildman–Crippen LogP) is 2.78. The minimum Gasteiger partial charge on any atom is -0.393 e. The van der Waals surface area contributed by atoms with Gasteiger partial charge in [0.1, 0.15) is 5.69 Å². The maximum atomic E-state index is 13.1. The fraction of sp³-hybridized carbons (Fsp3) is 0.560. The normalized spacial score (nSPS) is 21.6. The molecular weight excluding hydrogens is 478 g/mol. The Morgan fingerprint density at radius 2 is 1.83 bits per heavy atom. The Hall–Kier alpha value is -2.60. The first-order chi connectivity index (χ1) is 17.5. The van der Waals surface area contributed by atoms with Gasteiger partial charge in [0.2, 0.25) is 16.0 Å². The third kappa shape index (κ3) is 5.10. The van der Waals surface area contributed by atoms with Gasteiger partial charge in [0.25, 0.3) is 0 Å². The highest BCUT2D eigenvalue weighted by Gasteiger charge is 2.27. The molecule has 0 unspecified atom stereocenters. The molecule has 0 bridgehead atoms. The molecule has 194 valence electrons. The molecule has 36 heavy (non-hydrogen) atoms. The van der Waals surface area contributed by atoms with Crippen LogP contribution in [0.15, 0.2) is 35.4 Å². The minimum absolute atomic E-state index is 0.149. The van der Waals surface area contributed by atoms with Gasteiger partial charge in [-0.25, -0.2) is 18.1 Å². The van der Waals surface area contributed by atoms with Crippen LogP contribution in [0.4, 0.5) is 5.95 Å². The van der Waals surface area contributed by atoms with E-state index in [4.69, 9.17) is 10.1 Å². The van der Waals surface area contributed by atoms with Crippen molar-refractivity contribution in [1.29, 1.82) is 0 Å². The molecule has 5 rings (SSSR count). The molecule has 3 N–H and O–H groups in total. The van der Waals surface area contributed by atoms with Gasteiger partial charge in [-0.15, -0.1) is 0 Å². The number of anilines is 1. The van der Waals surface area contributed by atoms with Crippen LogP contribution in [0.1, 0.15) is 51.5 Å². The van der Waals surface area contributed by atoms with E-state index >= 15 is 0 Å². The van der Waals surface area contributed by atoms with Gasteiger partial charge in [0.15, 0.2) is 5.65 Å². The Kier molecular flexibility index (Phi) is 7.52. The quantitative estimate of drug-likeness (QED) is 0.393. The Balaban J connectivity index is 1.49. The molecule has 1 aromatic carbocycles. The van der Waals surface area contributed by atoms with Crippen LogP contribution in [0, 0.1) is 0 Å². The zero-order chi connectivity index (χ0) is 25.1. The van der Waals surface area contributed by atoms with Crippen LogP contribution >= 0.6 is 0 Å². The first kappa shape index (κ1) is 25.1. The van der Waals surface area contributed by atoms with E-state index in [2.05, 4.69) is 22.5 Å². The molecule has 2 fully saturated rings. The number of fused-ring (bicyclic) bond motifs is 1. The molecule has 0 amide bonds. The van der Waals surface area contributed by atoms with Gasteiger partial charge in [-0.2, -0.15) is 14.4 Å². The highest BCUT2D eigenvalue weighted by molar-refractivity contribution is 7.89. The summed E-state index contributed by atoms with van der Waals surface area (Å²) < 4.78 is 29.6. The van der Waals surface area contributed by atoms with Crippen LogP contribution in [0.3, 0.4) is 0 Å². The minimum atomic E-state index is -3.53. The molecule has 3 heterocycles. The van der Waals surface area contributed by atoms with Crippen molar-refractivity contribution in [2.75, 3.05) is 38.0 Å². The van der Waals surface area contributed by atoms with Gasteiger partial charge in [-0.3, -0.25) is 0 Å². The third-order valence-electron chi connectivity index (χ3n) is 7.12. The molecule has 0 radical (unpaired) electrons. The molecule has 1 saturated carbocycles. The number of unbranched alkanes of at least 4 members (excludes halogenated alkanes) is 1. The third-order valence-corrected chi connectivity index (χ3v) is 9.03. The lowest BCUT2D eigenvalue weighted by Gasteiger charge is -2.26. The number of hydrogen-bond acceptors (Lipinski definition) is 8. The summed E-state index contributed by atoms with van der Waals surface area (Å²) in [6.07, 6.45) is 6.83. The van der Waals surface area contributed by atoms with Crippen molar-refractivity contribution in [3.63, 3.8) is 0 Å². The van der Waals surface area contributed by atoms with Crippen molar-refractivity contribution in [3.05, 3.63) is 30.5 Å². The van der Waals surface area contributed by atoms with Crippen molar-refractivity contribution < 1.29 is 13.5 Å². The van der Waals surface area contributed by atoms with E-state index in [0.717, 1.165) is 67.4 Å². The number of aliphatic hydroxyl groups excluding tert-OH is 1. The highest BCUT2D eigenvalue weighted by Crippen LogP contribution is 2.35. The van der Waals surface area contributed by atoms with E-state index in [0.29, 0.717) is 32.1 Å². The summed E-state index contributed by atoms with van der Waals surface area (Å²) in [4.78, 5) is 9.63. The number of piperazine rings is 1. The van der Waals surface area contributed by atoms with Crippen LogP contribution in [0.25, 0.3) is 22.3 Å². The summed E-state index contributed by atoms with van der Waals surface area (Å²) in [5.41, 5.74) is 2.32. The first-order valence-corrected chi connectivity index (χ1v) is 14.4. The zero-order valence-electron chi connectivity index (χ0n) is 20.7. The van der Waals surface area contributed by atoms with E-state index in [1.54, 1.807) is 18.3 Å². The molecule has 1 aliphatic carbocycles. The van der Waals surface area contributed by atoms with Crippen molar-refractivity contribution in [2.24, 2.45) is 0 Å². The van der Waals surface area contributed by atoms with Crippen LogP contribution in [0.5, 0.6) is 0 Å². The largest absolute Gasteiger partial charge is 0.393 e. The summed E-state index contributed by atoms with van der Waals surface area (Å²) in [6, 6.07) is 7.11. The van der Waals surface area contributed by atoms with Crippen LogP contribution < -0.4 is 10.6 Å². The van der Waals surface area contributed by atoms with Crippen LogP contribution in [-0.2, 0) is 10.0 Å². The van der Waals surface area contributed by atoms with E-state index < -0.39 is 10.0 Å². The molecule has 1 saturated heterocycles. The lowest BCUT2D eigenvalue weighted by atomic mass is 9.93. The van der Waals surface area contributed by atoms with Crippen molar-refractivity contribution in [2.45, 2.75) is 62.5 Å². The molecule has 10 nitrogen and oxygen atoms in total. The van der Waals surface area contributed by atoms with Crippen LogP contribution in [-0.4, -0.2) is 76.4 Å². The van der Waals surface area contributed by atoms with E-state index in [1.165, 1.54) is 4.31 Å². The Labute approximate surface area is 212 Å². The number of benzene rings is 1. The molecule has 1 aliphatic heterocycles. The maximum absolute atomic E-state index is 13.1. The van der Waals surface area contributed by atoms with Crippen molar-refractivity contribution >= 4 is 27.0 Å². The highest BCUT2D eigenvalue weighted by atomic mass is 32.2. The fourth-order valence-corrected chi connectivity index (χ4v) is 6.42. The number of sulfonamides is 1. The van der Waals surface area contributed by atoms with Crippen molar-refractivity contribution in [1.82, 2.24) is 29.4 Å². The number of aromatic nitrogens is 4. The average Bonchev–Trinajstić information content (AvgIpc) is 3.29. The average molecular weight is 514 g/mol. The van der Waals surface area contributed by atoms with Crippen LogP contribution in [0.2, 0.25) is 0 Å². The van der Waals surface area contributed by atoms with Gasteiger partial charge in [-0.1, -0.05) is 25.5 Å². The summed E-state index contributed by atoms with van der Waals surface area (Å²) >= 11 is 0. The number of hydrogen-bond donors (Lipinski definition) is 3. The Bertz CT molecular complexity index is 1280. The Morgan fingerprint density at radius 3 is 2.53 bits per heavy atom. The summed E-state index contributed by atoms with van der Waals surface area (Å²) in [6.45, 7) is 5.22. The van der Waals surface area contributed by atoms with E-state index in [-0.39, 0.29) is 17.0 Å². The monoisotopic (exact) mass is 513 g/mol. The number of aliphatic hydroxyl groups is 1. The molecule has 0 spiro atoms. The molecule has 3 aromatic rings. The molecular formula is C25H35N7O3S. The number of nitrogens with zero attached hydrogens (tertiary/aromatic N) is 5. The van der Waals surface area contributed by atoms with Gasteiger partial charge < -0.3 is 15.7 Å². The zero-order valence-corrected chi connectivity index (χ0v) is 21.5. The van der Waals surface area contributed by atoms with E-state index in [1.807, 2.05) is 16.8 Å². The summed E-state index contributed by atoms with van der Waals surface area (Å²) in [7, 11) is -3.53. The smallest absolute Gasteiger partial charge is 0.243 e. The number of nitrogens with one attached hydrogen (secondary N) is 2. The second kappa shape index (κ2) is 10.8. The molecule has 2 aromatic heterocycles. The molecule has 0 atom stereocenters. The molecule has 11 heteroatoms.